The molecule has 0 atom stereocenters. The number of imide groups is 1. The Morgan fingerprint density at radius 1 is 0.833 bits per heavy atom. The van der Waals surface area contributed by atoms with Crippen molar-refractivity contribution in [2.45, 2.75) is 43.9 Å². The highest BCUT2D eigenvalue weighted by atomic mass is 16.6. The number of carbonyl (C=O) groups is 2. The Bertz CT molecular complexity index is 1070. The third-order valence-corrected chi connectivity index (χ3v) is 7.86. The first kappa shape index (κ1) is 17.8. The van der Waals surface area contributed by atoms with E-state index >= 15 is 0 Å². The standard InChI is InChI=1S/C24H22N2O4/c27-22-20-6-1-17(24-11-14-7-15(12-24)9-16(8-14)13-24)10-21(20)23(28)25(22)18-2-4-19(5-3-18)26(29)30/h1-6,10,14-16H,7-9,11-13H2. The summed E-state index contributed by atoms with van der Waals surface area (Å²) in [6.07, 6.45) is 7.67. The molecule has 6 heteroatoms. The summed E-state index contributed by atoms with van der Waals surface area (Å²) in [5.41, 5.74) is 2.56. The number of nitrogens with zero attached hydrogens (tertiary/aromatic N) is 2. The molecule has 6 nitrogen and oxygen atoms in total. The van der Waals surface area contributed by atoms with Gasteiger partial charge in [-0.15, -0.1) is 0 Å². The van der Waals surface area contributed by atoms with E-state index in [4.69, 9.17) is 0 Å². The van der Waals surface area contributed by atoms with Gasteiger partial charge in [0.25, 0.3) is 17.5 Å². The van der Waals surface area contributed by atoms with Crippen molar-refractivity contribution in [1.82, 2.24) is 0 Å². The third kappa shape index (κ3) is 2.42. The van der Waals surface area contributed by atoms with Gasteiger partial charge in [-0.3, -0.25) is 19.7 Å². The molecule has 0 spiro atoms. The molecule has 4 saturated carbocycles. The van der Waals surface area contributed by atoms with Crippen molar-refractivity contribution in [3.8, 4) is 0 Å². The molecule has 2 aromatic rings. The lowest BCUT2D eigenvalue weighted by Crippen LogP contribution is -2.48. The number of nitro groups is 1. The van der Waals surface area contributed by atoms with Crippen molar-refractivity contribution in [2.75, 3.05) is 4.90 Å². The minimum atomic E-state index is -0.496. The predicted octanol–water partition coefficient (Wildman–Crippen LogP) is 4.86. The molecule has 0 aromatic heterocycles. The number of hydrogen-bond donors (Lipinski definition) is 0. The SMILES string of the molecule is O=C1c2ccc(C34CC5CC(CC(C5)C3)C4)cc2C(=O)N1c1ccc([N+](=O)[O-])cc1. The normalized spacial score (nSPS) is 31.3. The fraction of sp³-hybridized carbons (Fsp3) is 0.417. The van der Waals surface area contributed by atoms with E-state index in [2.05, 4.69) is 6.07 Å². The van der Waals surface area contributed by atoms with E-state index in [1.165, 1.54) is 68.4 Å². The van der Waals surface area contributed by atoms with Crippen LogP contribution in [0.25, 0.3) is 0 Å². The minimum absolute atomic E-state index is 0.0699. The first-order valence-corrected chi connectivity index (χ1v) is 10.7. The second-order valence-electron chi connectivity index (χ2n) is 9.68. The zero-order valence-corrected chi connectivity index (χ0v) is 16.5. The van der Waals surface area contributed by atoms with Gasteiger partial charge in [-0.2, -0.15) is 0 Å². The first-order valence-electron chi connectivity index (χ1n) is 10.7. The van der Waals surface area contributed by atoms with E-state index in [-0.39, 0.29) is 22.9 Å². The summed E-state index contributed by atoms with van der Waals surface area (Å²) in [6.45, 7) is 0. The van der Waals surface area contributed by atoms with Crippen LogP contribution in [0, 0.1) is 27.9 Å². The summed E-state index contributed by atoms with van der Waals surface area (Å²) in [5.74, 6) is 1.71. The minimum Gasteiger partial charge on any atom is -0.268 e. The average molecular weight is 402 g/mol. The van der Waals surface area contributed by atoms with Crippen molar-refractivity contribution >= 4 is 23.2 Å². The Morgan fingerprint density at radius 3 is 1.97 bits per heavy atom. The van der Waals surface area contributed by atoms with E-state index in [0.29, 0.717) is 16.8 Å². The average Bonchev–Trinajstić information content (AvgIpc) is 2.97. The molecule has 0 N–H and O–H groups in total. The summed E-state index contributed by atoms with van der Waals surface area (Å²) in [6, 6.07) is 11.4. The highest BCUT2D eigenvalue weighted by Gasteiger charge is 2.52. The number of carbonyl (C=O) groups excluding carboxylic acids is 2. The van der Waals surface area contributed by atoms with Crippen LogP contribution in [0.1, 0.15) is 64.8 Å². The molecule has 5 aliphatic rings. The zero-order valence-electron chi connectivity index (χ0n) is 16.5. The van der Waals surface area contributed by atoms with Gasteiger partial charge >= 0.3 is 0 Å². The zero-order chi connectivity index (χ0) is 20.6. The van der Waals surface area contributed by atoms with Crippen molar-refractivity contribution < 1.29 is 14.5 Å². The maximum absolute atomic E-state index is 13.2. The van der Waals surface area contributed by atoms with Crippen molar-refractivity contribution in [3.63, 3.8) is 0 Å². The number of benzene rings is 2. The number of amides is 2. The molecule has 0 unspecified atom stereocenters. The fourth-order valence-electron chi connectivity index (χ4n) is 6.99. The predicted molar refractivity (Wildman–Crippen MR) is 111 cm³/mol. The molecule has 30 heavy (non-hydrogen) atoms. The Kier molecular flexibility index (Phi) is 3.56. The highest BCUT2D eigenvalue weighted by molar-refractivity contribution is 6.34. The second-order valence-corrected chi connectivity index (χ2v) is 9.68. The van der Waals surface area contributed by atoms with Gasteiger partial charge in [0.15, 0.2) is 0 Å². The summed E-state index contributed by atoms with van der Waals surface area (Å²) in [5, 5.41) is 10.9. The van der Waals surface area contributed by atoms with Crippen LogP contribution in [-0.2, 0) is 5.41 Å². The fourth-order valence-corrected chi connectivity index (χ4v) is 6.99. The van der Waals surface area contributed by atoms with E-state index in [1.54, 1.807) is 0 Å². The van der Waals surface area contributed by atoms with Crippen LogP contribution in [0.2, 0.25) is 0 Å². The van der Waals surface area contributed by atoms with Gasteiger partial charge in [0.1, 0.15) is 0 Å². The monoisotopic (exact) mass is 402 g/mol. The lowest BCUT2D eigenvalue weighted by molar-refractivity contribution is -0.384. The summed E-state index contributed by atoms with van der Waals surface area (Å²) < 4.78 is 0. The maximum atomic E-state index is 13.2. The number of fused-ring (bicyclic) bond motifs is 1. The van der Waals surface area contributed by atoms with E-state index in [9.17, 15) is 19.7 Å². The van der Waals surface area contributed by atoms with Crippen LogP contribution in [0.3, 0.4) is 0 Å². The van der Waals surface area contributed by atoms with Crippen LogP contribution < -0.4 is 4.90 Å². The molecule has 1 heterocycles. The van der Waals surface area contributed by atoms with Crippen molar-refractivity contribution in [2.24, 2.45) is 17.8 Å². The number of nitro benzene ring substituents is 1. The van der Waals surface area contributed by atoms with Gasteiger partial charge < -0.3 is 0 Å². The lowest BCUT2D eigenvalue weighted by Gasteiger charge is -2.57. The van der Waals surface area contributed by atoms with E-state index < -0.39 is 4.92 Å². The number of hydrogen-bond acceptors (Lipinski definition) is 4. The smallest absolute Gasteiger partial charge is 0.268 e. The van der Waals surface area contributed by atoms with Crippen LogP contribution >= 0.6 is 0 Å². The second kappa shape index (κ2) is 6.00. The van der Waals surface area contributed by atoms with Gasteiger partial charge in [0, 0.05) is 12.1 Å². The van der Waals surface area contributed by atoms with Crippen molar-refractivity contribution in [1.29, 1.82) is 0 Å². The number of rotatable bonds is 3. The molecule has 2 amide bonds. The highest BCUT2D eigenvalue weighted by Crippen LogP contribution is 2.60. The molecule has 0 saturated heterocycles. The molecule has 152 valence electrons. The molecule has 4 bridgehead atoms. The Hall–Kier alpha value is -3.02. The third-order valence-electron chi connectivity index (χ3n) is 7.86. The Labute approximate surface area is 174 Å². The topological polar surface area (TPSA) is 80.5 Å². The quantitative estimate of drug-likeness (QED) is 0.417. The summed E-state index contributed by atoms with van der Waals surface area (Å²) in [4.78, 5) is 37.7. The van der Waals surface area contributed by atoms with Gasteiger partial charge in [-0.05, 0) is 91.5 Å². The molecule has 2 aromatic carbocycles. The Balaban J connectivity index is 1.36. The molecule has 1 aliphatic heterocycles. The van der Waals surface area contributed by atoms with Gasteiger partial charge in [-0.1, -0.05) is 6.07 Å². The molecule has 7 rings (SSSR count). The molecular weight excluding hydrogens is 380 g/mol. The maximum Gasteiger partial charge on any atom is 0.269 e. The largest absolute Gasteiger partial charge is 0.269 e. The van der Waals surface area contributed by atoms with Gasteiger partial charge in [0.05, 0.1) is 21.7 Å². The number of anilines is 1. The lowest BCUT2D eigenvalue weighted by atomic mass is 9.48. The summed E-state index contributed by atoms with van der Waals surface area (Å²) in [7, 11) is 0. The first-order chi connectivity index (χ1) is 14.4. The van der Waals surface area contributed by atoms with Crippen LogP contribution in [0.15, 0.2) is 42.5 Å². The van der Waals surface area contributed by atoms with Crippen LogP contribution in [0.5, 0.6) is 0 Å². The molecule has 4 aliphatic carbocycles. The van der Waals surface area contributed by atoms with Crippen LogP contribution in [0.4, 0.5) is 11.4 Å². The van der Waals surface area contributed by atoms with Crippen molar-refractivity contribution in [3.05, 3.63) is 69.3 Å². The number of non-ortho nitro benzene ring substituents is 1. The molecular formula is C24H22N2O4. The van der Waals surface area contributed by atoms with Gasteiger partial charge in [0.2, 0.25) is 0 Å². The summed E-state index contributed by atoms with van der Waals surface area (Å²) >= 11 is 0. The molecule has 0 radical (unpaired) electrons. The van der Waals surface area contributed by atoms with Crippen LogP contribution in [-0.4, -0.2) is 16.7 Å². The van der Waals surface area contributed by atoms with E-state index in [0.717, 1.165) is 22.7 Å². The van der Waals surface area contributed by atoms with Gasteiger partial charge in [-0.25, -0.2) is 4.90 Å². The Morgan fingerprint density at radius 2 is 1.40 bits per heavy atom. The van der Waals surface area contributed by atoms with E-state index in [1.807, 2.05) is 12.1 Å². The molecule has 4 fully saturated rings.